The average Bonchev–Trinajstić information content (AvgIpc) is 2.88. The van der Waals surface area contributed by atoms with Crippen molar-refractivity contribution in [3.8, 4) is 6.07 Å². The molecule has 0 aliphatic rings. The number of carbonyl (C=O) groups is 2. The highest BCUT2D eigenvalue weighted by atomic mass is 28.3. The highest BCUT2D eigenvalue weighted by Gasteiger charge is 2.17. The Balaban J connectivity index is 2.33. The summed E-state index contributed by atoms with van der Waals surface area (Å²) in [5, 5.41) is 9.64. The van der Waals surface area contributed by atoms with Crippen LogP contribution in [0.2, 0.25) is 25.7 Å². The van der Waals surface area contributed by atoms with Gasteiger partial charge in [0.05, 0.1) is 17.3 Å². The molecule has 0 aliphatic heterocycles. The first-order valence-electron chi connectivity index (χ1n) is 8.35. The molecule has 1 aromatic carbocycles. The monoisotopic (exact) mass is 356 g/mol. The van der Waals surface area contributed by atoms with Crippen LogP contribution in [0.25, 0.3) is 10.9 Å². The summed E-state index contributed by atoms with van der Waals surface area (Å²) in [6.07, 6.45) is -0.176. The Morgan fingerprint density at radius 1 is 1.24 bits per heavy atom. The second-order valence-electron chi connectivity index (χ2n) is 7.39. The minimum atomic E-state index is -1.18. The maximum absolute atomic E-state index is 12.3. The molecule has 0 spiro atoms. The molecular weight excluding hydrogens is 332 g/mol. The molecule has 2 rings (SSSR count). The Labute approximate surface area is 149 Å². The van der Waals surface area contributed by atoms with Crippen molar-refractivity contribution >= 4 is 30.5 Å². The number of nitriles is 1. The minimum absolute atomic E-state index is 0.0223. The van der Waals surface area contributed by atoms with Gasteiger partial charge >= 0.3 is 0 Å². The van der Waals surface area contributed by atoms with Gasteiger partial charge in [0.2, 0.25) is 0 Å². The molecule has 0 saturated carbocycles. The van der Waals surface area contributed by atoms with Crippen molar-refractivity contribution in [3.05, 3.63) is 35.5 Å². The molecule has 6 heteroatoms. The van der Waals surface area contributed by atoms with Gasteiger partial charge in [0.15, 0.2) is 11.6 Å². The first-order valence-corrected chi connectivity index (χ1v) is 12.1. The molecule has 132 valence electrons. The van der Waals surface area contributed by atoms with E-state index in [-0.39, 0.29) is 24.7 Å². The molecule has 1 aromatic heterocycles. The third-order valence-electron chi connectivity index (χ3n) is 4.05. The number of hydrogen-bond donors (Lipinski definition) is 0. The van der Waals surface area contributed by atoms with Crippen molar-refractivity contribution in [3.63, 3.8) is 0 Å². The van der Waals surface area contributed by atoms with E-state index in [0.29, 0.717) is 17.9 Å². The number of fused-ring (bicyclic) bond motifs is 1. The average molecular weight is 356 g/mol. The first kappa shape index (κ1) is 19.1. The fourth-order valence-electron chi connectivity index (χ4n) is 2.56. The van der Waals surface area contributed by atoms with Crippen molar-refractivity contribution in [2.75, 3.05) is 6.61 Å². The SMILES string of the molecule is CC(=O)c1ccc2c(c1)cc(C(=O)CC#N)n2COCC[Si](C)(C)C. The number of ether oxygens (including phenoxy) is 1. The van der Waals surface area contributed by atoms with E-state index in [1.54, 1.807) is 22.8 Å². The lowest BCUT2D eigenvalue weighted by atomic mass is 10.1. The molecule has 0 aliphatic carbocycles. The van der Waals surface area contributed by atoms with Gasteiger partial charge in [-0.25, -0.2) is 0 Å². The zero-order chi connectivity index (χ0) is 18.6. The van der Waals surface area contributed by atoms with Crippen molar-refractivity contribution < 1.29 is 14.3 Å². The van der Waals surface area contributed by atoms with Crippen LogP contribution >= 0.6 is 0 Å². The van der Waals surface area contributed by atoms with Crippen molar-refractivity contribution in [2.24, 2.45) is 0 Å². The lowest BCUT2D eigenvalue weighted by Crippen LogP contribution is -2.22. The van der Waals surface area contributed by atoms with E-state index in [0.717, 1.165) is 16.9 Å². The number of aromatic nitrogens is 1. The van der Waals surface area contributed by atoms with Gasteiger partial charge < -0.3 is 9.30 Å². The number of rotatable bonds is 8. The molecule has 0 bridgehead atoms. The number of carbonyl (C=O) groups excluding carboxylic acids is 2. The van der Waals surface area contributed by atoms with Crippen LogP contribution in [-0.2, 0) is 11.5 Å². The fraction of sp³-hybridized carbons (Fsp3) is 0.421. The number of Topliss-reactive ketones (excluding diaryl/α,β-unsaturated/α-hetero) is 2. The van der Waals surface area contributed by atoms with E-state index in [1.165, 1.54) is 6.92 Å². The van der Waals surface area contributed by atoms with E-state index in [4.69, 9.17) is 10.00 Å². The number of hydrogen-bond acceptors (Lipinski definition) is 4. The van der Waals surface area contributed by atoms with Gasteiger partial charge in [-0.15, -0.1) is 0 Å². The maximum Gasteiger partial charge on any atom is 0.193 e. The quantitative estimate of drug-likeness (QED) is 0.403. The van der Waals surface area contributed by atoms with Gasteiger partial charge in [0.25, 0.3) is 0 Å². The molecule has 2 aromatic rings. The van der Waals surface area contributed by atoms with Crippen LogP contribution in [0.15, 0.2) is 24.3 Å². The third kappa shape index (κ3) is 4.88. The van der Waals surface area contributed by atoms with E-state index < -0.39 is 8.07 Å². The molecule has 0 fully saturated rings. The zero-order valence-corrected chi connectivity index (χ0v) is 16.3. The summed E-state index contributed by atoms with van der Waals surface area (Å²) in [5.41, 5.74) is 1.88. The molecular formula is C19H24N2O3Si. The molecule has 5 nitrogen and oxygen atoms in total. The molecule has 0 saturated heterocycles. The van der Waals surface area contributed by atoms with E-state index in [1.807, 2.05) is 12.1 Å². The van der Waals surface area contributed by atoms with Crippen LogP contribution in [-0.4, -0.2) is 30.8 Å². The second-order valence-corrected chi connectivity index (χ2v) is 13.0. The Morgan fingerprint density at radius 2 is 1.96 bits per heavy atom. The minimum Gasteiger partial charge on any atom is -0.361 e. The first-order chi connectivity index (χ1) is 11.7. The number of nitrogens with zero attached hydrogens (tertiary/aromatic N) is 2. The molecule has 0 unspecified atom stereocenters. The summed E-state index contributed by atoms with van der Waals surface area (Å²) < 4.78 is 7.60. The molecule has 1 heterocycles. The van der Waals surface area contributed by atoms with Crippen LogP contribution < -0.4 is 0 Å². The number of ketones is 2. The Morgan fingerprint density at radius 3 is 2.56 bits per heavy atom. The van der Waals surface area contributed by atoms with E-state index >= 15 is 0 Å². The van der Waals surface area contributed by atoms with Gasteiger partial charge in [0.1, 0.15) is 13.2 Å². The van der Waals surface area contributed by atoms with Gasteiger partial charge in [-0.3, -0.25) is 9.59 Å². The van der Waals surface area contributed by atoms with Crippen molar-refractivity contribution in [1.82, 2.24) is 4.57 Å². The standard InChI is InChI=1S/C19H24N2O3Si/c1-14(22)15-5-6-17-16(11-15)12-18(19(23)7-8-20)21(17)13-24-9-10-25(2,3)4/h5-6,11-12H,7,9-10,13H2,1-4H3. The van der Waals surface area contributed by atoms with Crippen LogP contribution in [0.3, 0.4) is 0 Å². The van der Waals surface area contributed by atoms with Crippen LogP contribution in [0, 0.1) is 11.3 Å². The summed E-state index contributed by atoms with van der Waals surface area (Å²) in [5.74, 6) is -0.261. The molecule has 0 N–H and O–H groups in total. The Kier molecular flexibility index (Phi) is 5.93. The second kappa shape index (κ2) is 7.77. The summed E-state index contributed by atoms with van der Waals surface area (Å²) in [6, 6.07) is 10.0. The van der Waals surface area contributed by atoms with Crippen LogP contribution in [0.5, 0.6) is 0 Å². The summed E-state index contributed by atoms with van der Waals surface area (Å²) >= 11 is 0. The van der Waals surface area contributed by atoms with Crippen molar-refractivity contribution in [2.45, 2.75) is 45.8 Å². The predicted octanol–water partition coefficient (Wildman–Crippen LogP) is 4.25. The number of benzene rings is 1. The fourth-order valence-corrected chi connectivity index (χ4v) is 3.31. The molecule has 25 heavy (non-hydrogen) atoms. The predicted molar refractivity (Wildman–Crippen MR) is 101 cm³/mol. The Bertz CT molecular complexity index is 841. The maximum atomic E-state index is 12.3. The summed E-state index contributed by atoms with van der Waals surface area (Å²) in [4.78, 5) is 23.9. The molecule has 0 amide bonds. The lowest BCUT2D eigenvalue weighted by molar-refractivity contribution is 0.0830. The largest absolute Gasteiger partial charge is 0.361 e. The topological polar surface area (TPSA) is 72.1 Å². The normalized spacial score (nSPS) is 11.5. The van der Waals surface area contributed by atoms with Gasteiger partial charge in [-0.05, 0) is 37.2 Å². The highest BCUT2D eigenvalue weighted by Crippen LogP contribution is 2.23. The highest BCUT2D eigenvalue weighted by molar-refractivity contribution is 6.76. The lowest BCUT2D eigenvalue weighted by Gasteiger charge is -2.16. The van der Waals surface area contributed by atoms with Crippen LogP contribution in [0.4, 0.5) is 0 Å². The smallest absolute Gasteiger partial charge is 0.193 e. The summed E-state index contributed by atoms with van der Waals surface area (Å²) in [6.45, 7) is 9.28. The van der Waals surface area contributed by atoms with Crippen molar-refractivity contribution in [1.29, 1.82) is 5.26 Å². The van der Waals surface area contributed by atoms with Gasteiger partial charge in [0, 0.05) is 25.6 Å². The van der Waals surface area contributed by atoms with Crippen LogP contribution in [0.1, 0.15) is 34.2 Å². The van der Waals surface area contributed by atoms with Gasteiger partial charge in [-0.2, -0.15) is 5.26 Å². The Hall–Kier alpha value is -2.23. The zero-order valence-electron chi connectivity index (χ0n) is 15.3. The molecule has 0 radical (unpaired) electrons. The summed E-state index contributed by atoms with van der Waals surface area (Å²) in [7, 11) is -1.18. The molecule has 0 atom stereocenters. The van der Waals surface area contributed by atoms with Gasteiger partial charge in [-0.1, -0.05) is 19.6 Å². The van der Waals surface area contributed by atoms with E-state index in [2.05, 4.69) is 19.6 Å². The van der Waals surface area contributed by atoms with E-state index in [9.17, 15) is 9.59 Å². The third-order valence-corrected chi connectivity index (χ3v) is 5.75.